The molecule has 3 heteroatoms. The van der Waals surface area contributed by atoms with Gasteiger partial charge in [0.05, 0.1) is 12.7 Å². The summed E-state index contributed by atoms with van der Waals surface area (Å²) in [6.07, 6.45) is 0.670. The van der Waals surface area contributed by atoms with Crippen molar-refractivity contribution in [3.8, 4) is 11.8 Å². The number of nitrogens with one attached hydrogen (secondary N) is 1. The van der Waals surface area contributed by atoms with Gasteiger partial charge in [-0.2, -0.15) is 5.26 Å². The number of hydrogen-bond acceptors (Lipinski definition) is 3. The maximum Gasteiger partial charge on any atom is 0.119 e. The predicted octanol–water partition coefficient (Wildman–Crippen LogP) is 3.47. The molecule has 0 aliphatic rings. The summed E-state index contributed by atoms with van der Waals surface area (Å²) < 4.78 is 5.69. The minimum absolute atomic E-state index is 0.507. The summed E-state index contributed by atoms with van der Waals surface area (Å²) in [7, 11) is 0. The van der Waals surface area contributed by atoms with Crippen molar-refractivity contribution in [3.05, 3.63) is 29.8 Å². The van der Waals surface area contributed by atoms with E-state index in [0.29, 0.717) is 18.9 Å². The smallest absolute Gasteiger partial charge is 0.119 e. The summed E-state index contributed by atoms with van der Waals surface area (Å²) in [5, 5.41) is 12.3. The van der Waals surface area contributed by atoms with E-state index in [0.717, 1.165) is 12.3 Å². The Morgan fingerprint density at radius 2 is 1.95 bits per heavy atom. The van der Waals surface area contributed by atoms with E-state index in [1.54, 1.807) is 0 Å². The minimum atomic E-state index is -0.507. The summed E-state index contributed by atoms with van der Waals surface area (Å²) in [5.41, 5.74) is 0.800. The quantitative estimate of drug-likeness (QED) is 0.816. The molecule has 3 nitrogen and oxygen atoms in total. The Balaban J connectivity index is 2.47. The van der Waals surface area contributed by atoms with Gasteiger partial charge in [0.1, 0.15) is 11.3 Å². The van der Waals surface area contributed by atoms with Gasteiger partial charge in [-0.15, -0.1) is 0 Å². The van der Waals surface area contributed by atoms with Crippen molar-refractivity contribution in [2.45, 2.75) is 45.6 Å². The maximum absolute atomic E-state index is 9.14. The van der Waals surface area contributed by atoms with Crippen LogP contribution in [0.2, 0.25) is 0 Å². The molecule has 0 saturated heterocycles. The molecule has 0 fully saturated rings. The summed E-state index contributed by atoms with van der Waals surface area (Å²) in [4.78, 5) is 0. The average molecular weight is 260 g/mol. The fraction of sp³-hybridized carbons (Fsp3) is 0.562. The molecule has 1 unspecified atom stereocenters. The zero-order valence-electron chi connectivity index (χ0n) is 12.4. The molecule has 0 radical (unpaired) electrons. The van der Waals surface area contributed by atoms with Crippen LogP contribution in [-0.4, -0.2) is 18.7 Å². The van der Waals surface area contributed by atoms with Crippen LogP contribution in [0.3, 0.4) is 0 Å². The Kier molecular flexibility index (Phi) is 5.85. The zero-order chi connectivity index (χ0) is 14.3. The van der Waals surface area contributed by atoms with E-state index in [4.69, 9.17) is 10.00 Å². The van der Waals surface area contributed by atoms with Gasteiger partial charge in [0, 0.05) is 6.42 Å². The first-order chi connectivity index (χ1) is 9.00. The van der Waals surface area contributed by atoms with E-state index in [1.807, 2.05) is 26.0 Å². The Morgan fingerprint density at radius 3 is 2.42 bits per heavy atom. The molecule has 1 N–H and O–H groups in total. The highest BCUT2D eigenvalue weighted by Crippen LogP contribution is 2.19. The number of ether oxygens (including phenoxy) is 1. The van der Waals surface area contributed by atoms with Gasteiger partial charge >= 0.3 is 0 Å². The van der Waals surface area contributed by atoms with Crippen molar-refractivity contribution < 1.29 is 4.74 Å². The van der Waals surface area contributed by atoms with E-state index in [1.165, 1.54) is 5.56 Å². The molecule has 1 aromatic carbocycles. The summed E-state index contributed by atoms with van der Waals surface area (Å²) in [6, 6.07) is 10.5. The molecule has 0 aromatic heterocycles. The summed E-state index contributed by atoms with van der Waals surface area (Å²) in [5.74, 6) is 1.39. The first kappa shape index (κ1) is 15.5. The third-order valence-corrected chi connectivity index (χ3v) is 3.23. The Bertz CT molecular complexity index is 419. The Hall–Kier alpha value is -1.53. The van der Waals surface area contributed by atoms with Crippen molar-refractivity contribution in [1.29, 1.82) is 5.26 Å². The van der Waals surface area contributed by atoms with Crippen LogP contribution in [0.4, 0.5) is 0 Å². The third-order valence-electron chi connectivity index (χ3n) is 3.23. The highest BCUT2D eigenvalue weighted by Gasteiger charge is 2.21. The van der Waals surface area contributed by atoms with Crippen LogP contribution in [0.15, 0.2) is 24.3 Å². The molecule has 19 heavy (non-hydrogen) atoms. The Morgan fingerprint density at radius 1 is 1.32 bits per heavy atom. The van der Waals surface area contributed by atoms with Gasteiger partial charge in [-0.1, -0.05) is 32.9 Å². The van der Waals surface area contributed by atoms with Gasteiger partial charge in [0.15, 0.2) is 0 Å². The van der Waals surface area contributed by atoms with Crippen molar-refractivity contribution in [3.63, 3.8) is 0 Å². The molecule has 1 atom stereocenters. The van der Waals surface area contributed by atoms with Gasteiger partial charge in [-0.25, -0.2) is 0 Å². The van der Waals surface area contributed by atoms with Gasteiger partial charge in [0.25, 0.3) is 0 Å². The first-order valence-electron chi connectivity index (χ1n) is 6.90. The van der Waals surface area contributed by atoms with Crippen molar-refractivity contribution in [2.24, 2.45) is 0 Å². The lowest BCUT2D eigenvalue weighted by Gasteiger charge is -2.22. The monoisotopic (exact) mass is 260 g/mol. The van der Waals surface area contributed by atoms with E-state index in [9.17, 15) is 0 Å². The zero-order valence-corrected chi connectivity index (χ0v) is 12.4. The van der Waals surface area contributed by atoms with Crippen LogP contribution in [0.1, 0.15) is 45.6 Å². The van der Waals surface area contributed by atoms with Gasteiger partial charge in [-0.05, 0) is 37.1 Å². The molecular weight excluding hydrogens is 236 g/mol. The number of hydrogen-bond donors (Lipinski definition) is 1. The molecule has 0 saturated carbocycles. The van der Waals surface area contributed by atoms with Crippen LogP contribution in [0.25, 0.3) is 0 Å². The lowest BCUT2D eigenvalue weighted by Crippen LogP contribution is -2.42. The van der Waals surface area contributed by atoms with Gasteiger partial charge < -0.3 is 4.74 Å². The highest BCUT2D eigenvalue weighted by atomic mass is 16.5. The van der Waals surface area contributed by atoms with Crippen LogP contribution in [-0.2, 0) is 0 Å². The van der Waals surface area contributed by atoms with Gasteiger partial charge in [-0.3, -0.25) is 5.32 Å². The topological polar surface area (TPSA) is 45.0 Å². The van der Waals surface area contributed by atoms with Crippen LogP contribution in [0, 0.1) is 11.3 Å². The first-order valence-corrected chi connectivity index (χ1v) is 6.90. The number of nitriles is 1. The average Bonchev–Trinajstić information content (AvgIpc) is 2.39. The normalized spacial score (nSPS) is 13.9. The van der Waals surface area contributed by atoms with Gasteiger partial charge in [0.2, 0.25) is 0 Å². The van der Waals surface area contributed by atoms with Crippen molar-refractivity contribution in [1.82, 2.24) is 5.32 Å². The second kappa shape index (κ2) is 7.16. The Labute approximate surface area is 116 Å². The molecular formula is C16H24N2O. The van der Waals surface area contributed by atoms with Crippen LogP contribution < -0.4 is 10.1 Å². The SMILES string of the molecule is CCNC(C)(C#N)CCOc1ccc(C(C)C)cc1. The highest BCUT2D eigenvalue weighted by molar-refractivity contribution is 5.28. The molecule has 0 aliphatic carbocycles. The third kappa shape index (κ3) is 4.92. The molecule has 0 aliphatic heterocycles. The summed E-state index contributed by atoms with van der Waals surface area (Å²) in [6.45, 7) is 9.57. The molecule has 0 bridgehead atoms. The molecule has 0 spiro atoms. The van der Waals surface area contributed by atoms with E-state index < -0.39 is 5.54 Å². The lowest BCUT2D eigenvalue weighted by molar-refractivity contribution is 0.269. The maximum atomic E-state index is 9.14. The minimum Gasteiger partial charge on any atom is -0.493 e. The lowest BCUT2D eigenvalue weighted by atomic mass is 10.0. The van der Waals surface area contributed by atoms with Crippen LogP contribution in [0.5, 0.6) is 5.75 Å². The molecule has 0 amide bonds. The summed E-state index contributed by atoms with van der Waals surface area (Å²) >= 11 is 0. The van der Waals surface area contributed by atoms with E-state index in [-0.39, 0.29) is 0 Å². The van der Waals surface area contributed by atoms with E-state index >= 15 is 0 Å². The largest absolute Gasteiger partial charge is 0.493 e. The van der Waals surface area contributed by atoms with Crippen molar-refractivity contribution >= 4 is 0 Å². The fourth-order valence-corrected chi connectivity index (χ4v) is 1.90. The van der Waals surface area contributed by atoms with E-state index in [2.05, 4.69) is 37.4 Å². The fourth-order valence-electron chi connectivity index (χ4n) is 1.90. The molecule has 0 heterocycles. The standard InChI is InChI=1S/C16H24N2O/c1-5-18-16(4,12-17)10-11-19-15-8-6-14(7-9-15)13(2)3/h6-9,13,18H,5,10-11H2,1-4H3. The second-order valence-corrected chi connectivity index (χ2v) is 5.30. The molecule has 104 valence electrons. The number of nitrogens with zero attached hydrogens (tertiary/aromatic N) is 1. The molecule has 1 rings (SSSR count). The predicted molar refractivity (Wildman–Crippen MR) is 78.3 cm³/mol. The molecule has 1 aromatic rings. The second-order valence-electron chi connectivity index (χ2n) is 5.30. The van der Waals surface area contributed by atoms with Crippen molar-refractivity contribution in [2.75, 3.05) is 13.2 Å². The number of rotatable bonds is 7. The number of benzene rings is 1. The van der Waals surface area contributed by atoms with Crippen LogP contribution >= 0.6 is 0 Å².